The molecule has 2 amide bonds. The van der Waals surface area contributed by atoms with Crippen molar-refractivity contribution in [2.75, 3.05) is 27.3 Å². The highest BCUT2D eigenvalue weighted by molar-refractivity contribution is 5.75. The number of methoxy groups -OCH3 is 1. The molecule has 0 unspecified atom stereocenters. The van der Waals surface area contributed by atoms with Gasteiger partial charge in [0.05, 0.1) is 19.6 Å². The molecule has 0 aromatic carbocycles. The number of nitrogens with one attached hydrogen (secondary N) is 1. The first-order chi connectivity index (χ1) is 11.0. The summed E-state index contributed by atoms with van der Waals surface area (Å²) in [5.74, 6) is -0.420. The van der Waals surface area contributed by atoms with Crippen molar-refractivity contribution in [1.29, 1.82) is 0 Å². The predicted octanol–water partition coefficient (Wildman–Crippen LogP) is 1.04. The highest BCUT2D eigenvalue weighted by Crippen LogP contribution is 2.29. The minimum absolute atomic E-state index is 0.0864. The lowest BCUT2D eigenvalue weighted by Gasteiger charge is -2.24. The van der Waals surface area contributed by atoms with Gasteiger partial charge < -0.3 is 24.8 Å². The Kier molecular flexibility index (Phi) is 5.75. The van der Waals surface area contributed by atoms with Crippen LogP contribution in [0, 0.1) is 0 Å². The maximum absolute atomic E-state index is 12.1. The van der Waals surface area contributed by atoms with Crippen LogP contribution in [0.15, 0.2) is 18.3 Å². The summed E-state index contributed by atoms with van der Waals surface area (Å²) in [6.45, 7) is 0.698. The smallest absolute Gasteiger partial charge is 0.317 e. The molecule has 2 rings (SSSR count). The van der Waals surface area contributed by atoms with Gasteiger partial charge in [-0.25, -0.2) is 9.78 Å². The van der Waals surface area contributed by atoms with E-state index in [1.165, 1.54) is 4.90 Å². The van der Waals surface area contributed by atoms with Crippen molar-refractivity contribution < 1.29 is 24.2 Å². The average molecular weight is 323 g/mol. The van der Waals surface area contributed by atoms with E-state index < -0.39 is 5.97 Å². The molecule has 1 aliphatic rings. The van der Waals surface area contributed by atoms with Gasteiger partial charge in [-0.05, 0) is 12.5 Å². The van der Waals surface area contributed by atoms with E-state index in [-0.39, 0.29) is 31.1 Å². The molecule has 8 nitrogen and oxygen atoms in total. The van der Waals surface area contributed by atoms with E-state index in [9.17, 15) is 9.59 Å². The molecule has 0 bridgehead atoms. The van der Waals surface area contributed by atoms with Gasteiger partial charge in [-0.1, -0.05) is 0 Å². The summed E-state index contributed by atoms with van der Waals surface area (Å²) in [4.78, 5) is 28.2. The van der Waals surface area contributed by atoms with E-state index in [1.807, 2.05) is 6.07 Å². The van der Waals surface area contributed by atoms with Gasteiger partial charge in [-0.15, -0.1) is 0 Å². The Morgan fingerprint density at radius 1 is 1.52 bits per heavy atom. The molecule has 0 spiro atoms. The second-order valence-electron chi connectivity index (χ2n) is 5.34. The van der Waals surface area contributed by atoms with E-state index in [0.29, 0.717) is 18.9 Å². The molecular formula is C15H21N3O5. The molecule has 23 heavy (non-hydrogen) atoms. The number of nitrogens with zero attached hydrogens (tertiary/aromatic N) is 2. The Hall–Kier alpha value is -2.35. The first-order valence-corrected chi connectivity index (χ1v) is 7.36. The van der Waals surface area contributed by atoms with Crippen molar-refractivity contribution >= 4 is 12.0 Å². The van der Waals surface area contributed by atoms with Gasteiger partial charge in [0, 0.05) is 38.0 Å². The highest BCUT2D eigenvalue weighted by Gasteiger charge is 2.31. The SMILES string of the molecule is COc1ccc([C@H]2OCC[C@@H]2NC(=O)N(C)CCC(=O)O)cn1. The number of urea groups is 1. The number of amides is 2. The van der Waals surface area contributed by atoms with Crippen LogP contribution in [0.5, 0.6) is 5.88 Å². The highest BCUT2D eigenvalue weighted by atomic mass is 16.5. The molecule has 0 radical (unpaired) electrons. The lowest BCUT2D eigenvalue weighted by atomic mass is 10.0. The summed E-state index contributed by atoms with van der Waals surface area (Å²) in [5, 5.41) is 11.6. The Morgan fingerprint density at radius 2 is 2.30 bits per heavy atom. The Bertz CT molecular complexity index is 549. The van der Waals surface area contributed by atoms with Crippen LogP contribution in [0.3, 0.4) is 0 Å². The Balaban J connectivity index is 1.95. The number of aromatic nitrogens is 1. The van der Waals surface area contributed by atoms with E-state index >= 15 is 0 Å². The summed E-state index contributed by atoms with van der Waals surface area (Å²) >= 11 is 0. The summed E-state index contributed by atoms with van der Waals surface area (Å²) in [6.07, 6.45) is 2.00. The number of aliphatic carboxylic acids is 1. The molecule has 1 saturated heterocycles. The molecule has 2 heterocycles. The van der Waals surface area contributed by atoms with Gasteiger partial charge in [-0.3, -0.25) is 4.79 Å². The third-order valence-electron chi connectivity index (χ3n) is 3.71. The molecule has 126 valence electrons. The van der Waals surface area contributed by atoms with E-state index in [2.05, 4.69) is 10.3 Å². The number of rotatable bonds is 6. The molecule has 1 aromatic rings. The lowest BCUT2D eigenvalue weighted by molar-refractivity contribution is -0.137. The number of carboxylic acid groups (broad SMARTS) is 1. The van der Waals surface area contributed by atoms with Crippen LogP contribution in [0.1, 0.15) is 24.5 Å². The van der Waals surface area contributed by atoms with Gasteiger partial charge in [0.1, 0.15) is 6.10 Å². The number of carboxylic acids is 1. The van der Waals surface area contributed by atoms with Crippen LogP contribution in [-0.4, -0.2) is 60.3 Å². The maximum Gasteiger partial charge on any atom is 0.317 e. The van der Waals surface area contributed by atoms with Crippen molar-refractivity contribution in [2.45, 2.75) is 25.0 Å². The topological polar surface area (TPSA) is 101 Å². The van der Waals surface area contributed by atoms with Gasteiger partial charge in [0.2, 0.25) is 5.88 Å². The third-order valence-corrected chi connectivity index (χ3v) is 3.71. The van der Waals surface area contributed by atoms with E-state index in [1.54, 1.807) is 26.4 Å². The second kappa shape index (κ2) is 7.77. The summed E-state index contributed by atoms with van der Waals surface area (Å²) in [6, 6.07) is 3.11. The zero-order chi connectivity index (χ0) is 16.8. The molecule has 2 atom stereocenters. The summed E-state index contributed by atoms with van der Waals surface area (Å²) in [7, 11) is 3.11. The maximum atomic E-state index is 12.1. The van der Waals surface area contributed by atoms with E-state index in [4.69, 9.17) is 14.6 Å². The third kappa shape index (κ3) is 4.56. The van der Waals surface area contributed by atoms with Crippen LogP contribution in [0.25, 0.3) is 0 Å². The van der Waals surface area contributed by atoms with Crippen molar-refractivity contribution in [3.05, 3.63) is 23.9 Å². The van der Waals surface area contributed by atoms with E-state index in [0.717, 1.165) is 5.56 Å². The first-order valence-electron chi connectivity index (χ1n) is 7.36. The fraction of sp³-hybridized carbons (Fsp3) is 0.533. The zero-order valence-corrected chi connectivity index (χ0v) is 13.2. The molecule has 1 aromatic heterocycles. The van der Waals surface area contributed by atoms with Crippen molar-refractivity contribution in [1.82, 2.24) is 15.2 Å². The van der Waals surface area contributed by atoms with Gasteiger partial charge in [-0.2, -0.15) is 0 Å². The monoisotopic (exact) mass is 323 g/mol. The van der Waals surface area contributed by atoms with Crippen LogP contribution in [0.2, 0.25) is 0 Å². The molecule has 2 N–H and O–H groups in total. The number of ether oxygens (including phenoxy) is 2. The van der Waals surface area contributed by atoms with Crippen molar-refractivity contribution in [3.8, 4) is 5.88 Å². The van der Waals surface area contributed by atoms with Crippen LogP contribution >= 0.6 is 0 Å². The van der Waals surface area contributed by atoms with Crippen LogP contribution in [0.4, 0.5) is 4.79 Å². The summed E-state index contributed by atoms with van der Waals surface area (Å²) < 4.78 is 10.7. The van der Waals surface area contributed by atoms with Gasteiger partial charge in [0.15, 0.2) is 0 Å². The standard InChI is InChI=1S/C15H21N3O5/c1-18(7-5-13(19)20)15(21)17-11-6-8-23-14(11)10-3-4-12(22-2)16-9-10/h3-4,9,11,14H,5-8H2,1-2H3,(H,17,21)(H,19,20)/t11-,14+/m0/s1. The van der Waals surface area contributed by atoms with Crippen LogP contribution in [-0.2, 0) is 9.53 Å². The number of carbonyl (C=O) groups excluding carboxylic acids is 1. The minimum Gasteiger partial charge on any atom is -0.481 e. The lowest BCUT2D eigenvalue weighted by Crippen LogP contribution is -2.44. The van der Waals surface area contributed by atoms with Gasteiger partial charge in [0.25, 0.3) is 0 Å². The number of hydrogen-bond acceptors (Lipinski definition) is 5. The normalized spacial score (nSPS) is 20.1. The van der Waals surface area contributed by atoms with Crippen LogP contribution < -0.4 is 10.1 Å². The molecule has 1 fully saturated rings. The molecule has 8 heteroatoms. The average Bonchev–Trinajstić information content (AvgIpc) is 3.00. The molecular weight excluding hydrogens is 302 g/mol. The molecule has 0 saturated carbocycles. The predicted molar refractivity (Wildman–Crippen MR) is 81.3 cm³/mol. The molecule has 0 aliphatic carbocycles. The second-order valence-corrected chi connectivity index (χ2v) is 5.34. The largest absolute Gasteiger partial charge is 0.481 e. The summed E-state index contributed by atoms with van der Waals surface area (Å²) in [5.41, 5.74) is 0.863. The fourth-order valence-electron chi connectivity index (χ4n) is 2.38. The Morgan fingerprint density at radius 3 is 2.91 bits per heavy atom. The van der Waals surface area contributed by atoms with Gasteiger partial charge >= 0.3 is 12.0 Å². The Labute approximate surface area is 134 Å². The first kappa shape index (κ1) is 17.0. The van der Waals surface area contributed by atoms with Crippen molar-refractivity contribution in [3.63, 3.8) is 0 Å². The molecule has 1 aliphatic heterocycles. The fourth-order valence-corrected chi connectivity index (χ4v) is 2.38. The zero-order valence-electron chi connectivity index (χ0n) is 13.2. The minimum atomic E-state index is -0.934. The number of hydrogen-bond donors (Lipinski definition) is 2. The quantitative estimate of drug-likeness (QED) is 0.811. The van der Waals surface area contributed by atoms with Crippen molar-refractivity contribution in [2.24, 2.45) is 0 Å². The number of pyridine rings is 1. The number of carbonyl (C=O) groups is 2.